The molecule has 2 aromatic heterocycles. The molecule has 1 unspecified atom stereocenters. The monoisotopic (exact) mass is 356 g/mol. The molecule has 128 valence electrons. The Morgan fingerprint density at radius 3 is 2.64 bits per heavy atom. The average molecular weight is 357 g/mol. The number of nitrogens with zero attached hydrogens (tertiary/aromatic N) is 5. The van der Waals surface area contributed by atoms with Gasteiger partial charge in [-0.25, -0.2) is 4.98 Å². The largest absolute Gasteiger partial charge is 0.302 e. The Morgan fingerprint density at radius 2 is 2.00 bits per heavy atom. The van der Waals surface area contributed by atoms with Gasteiger partial charge in [-0.1, -0.05) is 30.5 Å². The Morgan fingerprint density at radius 1 is 1.24 bits per heavy atom. The first-order valence-electron chi connectivity index (χ1n) is 8.27. The Bertz CT molecular complexity index is 821. The molecule has 3 aromatic rings. The van der Waals surface area contributed by atoms with Crippen molar-refractivity contribution in [3.05, 3.63) is 59.2 Å². The molecule has 1 atom stereocenters. The summed E-state index contributed by atoms with van der Waals surface area (Å²) in [5, 5.41) is 14.6. The molecule has 0 bridgehead atoms. The fourth-order valence-electron chi connectivity index (χ4n) is 3.48. The van der Waals surface area contributed by atoms with E-state index in [9.17, 15) is 4.79 Å². The highest BCUT2D eigenvalue weighted by Gasteiger charge is 2.28. The minimum absolute atomic E-state index is 0.181. The molecule has 7 nitrogen and oxygen atoms in total. The fourth-order valence-corrected chi connectivity index (χ4v) is 3.76. The van der Waals surface area contributed by atoms with E-state index in [0.29, 0.717) is 22.3 Å². The second-order valence-corrected chi connectivity index (χ2v) is 6.67. The average Bonchev–Trinajstić information content (AvgIpc) is 3.38. The molecular formula is C17H17ClN6O. The third-order valence-electron chi connectivity index (χ3n) is 4.76. The number of halogens is 1. The summed E-state index contributed by atoms with van der Waals surface area (Å²) in [6.45, 7) is 0. The number of benzene rings is 1. The van der Waals surface area contributed by atoms with Crippen molar-refractivity contribution in [2.75, 3.05) is 0 Å². The van der Waals surface area contributed by atoms with Crippen LogP contribution in [-0.2, 0) is 0 Å². The maximum Gasteiger partial charge on any atom is 0.194 e. The highest BCUT2D eigenvalue weighted by atomic mass is 35.5. The van der Waals surface area contributed by atoms with Gasteiger partial charge < -0.3 is 4.57 Å². The van der Waals surface area contributed by atoms with Gasteiger partial charge >= 0.3 is 0 Å². The van der Waals surface area contributed by atoms with Gasteiger partial charge in [0.2, 0.25) is 0 Å². The summed E-state index contributed by atoms with van der Waals surface area (Å²) in [6, 6.07) is 5.02. The lowest BCUT2D eigenvalue weighted by molar-refractivity contribution is 0.0942. The van der Waals surface area contributed by atoms with Crippen molar-refractivity contribution >= 4 is 17.4 Å². The number of Topliss-reactive ketones (excluding diaryl/α,β-unsaturated/α-hetero) is 1. The van der Waals surface area contributed by atoms with E-state index < -0.39 is 6.04 Å². The van der Waals surface area contributed by atoms with Crippen molar-refractivity contribution in [3.8, 4) is 0 Å². The number of rotatable bonds is 5. The number of nitrogens with one attached hydrogen (secondary N) is 1. The number of hydrogen-bond donors (Lipinski definition) is 1. The lowest BCUT2D eigenvalue weighted by atomic mass is 9.94. The highest BCUT2D eigenvalue weighted by molar-refractivity contribution is 6.34. The molecule has 0 radical (unpaired) electrons. The molecule has 1 N–H and O–H groups in total. The molecule has 0 spiro atoms. The number of H-pyrrole nitrogens is 1. The van der Waals surface area contributed by atoms with Crippen LogP contribution in [0, 0.1) is 0 Å². The van der Waals surface area contributed by atoms with Gasteiger partial charge in [0.25, 0.3) is 0 Å². The molecule has 2 heterocycles. The maximum atomic E-state index is 13.1. The number of carbonyl (C=O) groups excluding carboxylic acids is 1. The van der Waals surface area contributed by atoms with Crippen LogP contribution in [0.3, 0.4) is 0 Å². The van der Waals surface area contributed by atoms with Gasteiger partial charge in [0.15, 0.2) is 17.6 Å². The zero-order chi connectivity index (χ0) is 17.2. The van der Waals surface area contributed by atoms with Crippen LogP contribution in [0.4, 0.5) is 0 Å². The summed E-state index contributed by atoms with van der Waals surface area (Å²) in [4.78, 5) is 17.3. The predicted octanol–water partition coefficient (Wildman–Crippen LogP) is 3.18. The lowest BCUT2D eigenvalue weighted by Crippen LogP contribution is -2.22. The summed E-state index contributed by atoms with van der Waals surface area (Å²) < 4.78 is 1.59. The topological polar surface area (TPSA) is 89.4 Å². The van der Waals surface area contributed by atoms with Gasteiger partial charge in [-0.2, -0.15) is 5.10 Å². The minimum atomic E-state index is -0.729. The van der Waals surface area contributed by atoms with E-state index >= 15 is 0 Å². The Labute approximate surface area is 149 Å². The summed E-state index contributed by atoms with van der Waals surface area (Å²) in [5.41, 5.74) is 1.66. The third kappa shape index (κ3) is 3.07. The van der Waals surface area contributed by atoms with Crippen molar-refractivity contribution in [1.82, 2.24) is 29.9 Å². The highest BCUT2D eigenvalue weighted by Crippen LogP contribution is 2.36. The van der Waals surface area contributed by atoms with E-state index in [-0.39, 0.29) is 5.78 Å². The van der Waals surface area contributed by atoms with Gasteiger partial charge in [-0.3, -0.25) is 9.89 Å². The third-order valence-corrected chi connectivity index (χ3v) is 5.07. The SMILES string of the molecule is O=C(c1ccc(C2CCCC2)cc1Cl)C(c1ncn[nH]1)n1cnnc1. The summed E-state index contributed by atoms with van der Waals surface area (Å²) >= 11 is 6.46. The van der Waals surface area contributed by atoms with E-state index in [2.05, 4.69) is 25.4 Å². The Kier molecular flexibility index (Phi) is 4.31. The van der Waals surface area contributed by atoms with Crippen molar-refractivity contribution in [1.29, 1.82) is 0 Å². The number of aromatic nitrogens is 6. The molecule has 1 aliphatic rings. The first-order chi connectivity index (χ1) is 12.2. The number of aromatic amines is 1. The molecule has 1 aromatic carbocycles. The van der Waals surface area contributed by atoms with Crippen LogP contribution in [0.2, 0.25) is 5.02 Å². The molecular weight excluding hydrogens is 340 g/mol. The zero-order valence-corrected chi connectivity index (χ0v) is 14.2. The van der Waals surface area contributed by atoms with Crippen molar-refractivity contribution < 1.29 is 4.79 Å². The summed E-state index contributed by atoms with van der Waals surface area (Å²) in [7, 11) is 0. The molecule has 1 saturated carbocycles. The molecule has 4 rings (SSSR count). The maximum absolute atomic E-state index is 13.1. The standard InChI is InChI=1S/C17H17ClN6O/c18-14-7-12(11-3-1-2-4-11)5-6-13(14)16(25)15(17-19-8-20-23-17)24-9-21-22-10-24/h5-11,15H,1-4H2,(H,19,20,23). The minimum Gasteiger partial charge on any atom is -0.302 e. The molecule has 0 saturated heterocycles. The van der Waals surface area contributed by atoms with Gasteiger partial charge in [-0.15, -0.1) is 10.2 Å². The Balaban J connectivity index is 1.68. The van der Waals surface area contributed by atoms with Gasteiger partial charge in [-0.05, 0) is 36.5 Å². The van der Waals surface area contributed by atoms with E-state index in [1.54, 1.807) is 4.57 Å². The second kappa shape index (κ2) is 6.76. The number of carbonyl (C=O) groups is 1. The van der Waals surface area contributed by atoms with Gasteiger partial charge in [0.05, 0.1) is 5.02 Å². The van der Waals surface area contributed by atoms with Crippen LogP contribution < -0.4 is 0 Å². The van der Waals surface area contributed by atoms with Crippen molar-refractivity contribution in [3.63, 3.8) is 0 Å². The number of ketones is 1. The van der Waals surface area contributed by atoms with Crippen LogP contribution >= 0.6 is 11.6 Å². The predicted molar refractivity (Wildman–Crippen MR) is 91.5 cm³/mol. The van der Waals surface area contributed by atoms with Crippen LogP contribution in [0.1, 0.15) is 59.4 Å². The van der Waals surface area contributed by atoms with Crippen molar-refractivity contribution in [2.24, 2.45) is 0 Å². The van der Waals surface area contributed by atoms with Crippen LogP contribution in [0.15, 0.2) is 37.2 Å². The summed E-state index contributed by atoms with van der Waals surface area (Å²) in [5.74, 6) is 0.782. The van der Waals surface area contributed by atoms with E-state index in [1.807, 2.05) is 18.2 Å². The number of hydrogen-bond acceptors (Lipinski definition) is 5. The zero-order valence-electron chi connectivity index (χ0n) is 13.5. The quantitative estimate of drug-likeness (QED) is 0.709. The Hall–Kier alpha value is -2.54. The summed E-state index contributed by atoms with van der Waals surface area (Å²) in [6.07, 6.45) is 9.20. The first kappa shape index (κ1) is 16.0. The van der Waals surface area contributed by atoms with Crippen LogP contribution in [-0.4, -0.2) is 35.7 Å². The smallest absolute Gasteiger partial charge is 0.194 e. The van der Waals surface area contributed by atoms with Crippen LogP contribution in [0.5, 0.6) is 0 Å². The fraction of sp³-hybridized carbons (Fsp3) is 0.353. The van der Waals surface area contributed by atoms with Gasteiger partial charge in [0, 0.05) is 5.56 Å². The van der Waals surface area contributed by atoms with E-state index in [4.69, 9.17) is 11.6 Å². The normalized spacial score (nSPS) is 16.2. The van der Waals surface area contributed by atoms with E-state index in [0.717, 1.165) is 0 Å². The van der Waals surface area contributed by atoms with E-state index in [1.165, 1.54) is 50.2 Å². The molecule has 1 aliphatic carbocycles. The van der Waals surface area contributed by atoms with Gasteiger partial charge in [0.1, 0.15) is 19.0 Å². The molecule has 0 amide bonds. The first-order valence-corrected chi connectivity index (χ1v) is 8.65. The lowest BCUT2D eigenvalue weighted by Gasteiger charge is -2.16. The second-order valence-electron chi connectivity index (χ2n) is 6.27. The molecule has 8 heteroatoms. The molecule has 0 aliphatic heterocycles. The molecule has 1 fully saturated rings. The molecule has 25 heavy (non-hydrogen) atoms. The van der Waals surface area contributed by atoms with Crippen LogP contribution in [0.25, 0.3) is 0 Å². The van der Waals surface area contributed by atoms with Crippen molar-refractivity contribution in [2.45, 2.75) is 37.6 Å².